The first-order valence-corrected chi connectivity index (χ1v) is 9.50. The van der Waals surface area contributed by atoms with Crippen molar-refractivity contribution < 1.29 is 18.7 Å². The Morgan fingerprint density at radius 2 is 1.90 bits per heavy atom. The molecule has 3 rings (SSSR count). The minimum Gasteiger partial charge on any atom is -0.461 e. The van der Waals surface area contributed by atoms with E-state index in [4.69, 9.17) is 9.15 Å². The number of hydrogen-bond donors (Lipinski definition) is 1. The number of ether oxygens (including phenoxy) is 1. The average Bonchev–Trinajstić information content (AvgIpc) is 3.27. The number of nitrogens with zero attached hydrogens (tertiary/aromatic N) is 2. The molecule has 0 saturated carbocycles. The van der Waals surface area contributed by atoms with Crippen LogP contribution in [0, 0.1) is 13.8 Å². The van der Waals surface area contributed by atoms with Gasteiger partial charge in [-0.15, -0.1) is 0 Å². The van der Waals surface area contributed by atoms with Crippen molar-refractivity contribution >= 4 is 17.6 Å². The molecule has 1 amide bonds. The van der Waals surface area contributed by atoms with Crippen LogP contribution in [0.3, 0.4) is 0 Å². The predicted octanol–water partition coefficient (Wildman–Crippen LogP) is 3.80. The van der Waals surface area contributed by atoms with E-state index in [2.05, 4.69) is 10.4 Å². The maximum Gasteiger partial charge on any atom is 0.307 e. The first-order chi connectivity index (χ1) is 13.8. The normalized spacial score (nSPS) is 11.9. The van der Waals surface area contributed by atoms with Gasteiger partial charge in [-0.25, -0.2) is 0 Å². The zero-order chi connectivity index (χ0) is 21.0. The summed E-state index contributed by atoms with van der Waals surface area (Å²) in [6.07, 6.45) is -0.372. The molecule has 7 nitrogen and oxygen atoms in total. The average molecular weight is 395 g/mol. The summed E-state index contributed by atoms with van der Waals surface area (Å²) in [5, 5.41) is 7.04. The minimum atomic E-state index is -0.905. The van der Waals surface area contributed by atoms with Crippen molar-refractivity contribution in [3.63, 3.8) is 0 Å². The number of esters is 1. The number of aryl methyl sites for hydroxylation is 3. The Kier molecular flexibility index (Phi) is 6.16. The van der Waals surface area contributed by atoms with E-state index in [-0.39, 0.29) is 12.3 Å². The highest BCUT2D eigenvalue weighted by molar-refractivity contribution is 5.96. The fourth-order valence-corrected chi connectivity index (χ4v) is 2.98. The van der Waals surface area contributed by atoms with Gasteiger partial charge in [-0.05, 0) is 32.9 Å². The van der Waals surface area contributed by atoms with Crippen LogP contribution < -0.4 is 5.32 Å². The molecule has 0 aliphatic carbocycles. The molecule has 1 aromatic carbocycles. The number of benzene rings is 1. The Morgan fingerprint density at radius 3 is 2.55 bits per heavy atom. The van der Waals surface area contributed by atoms with E-state index in [0.29, 0.717) is 23.6 Å². The Labute approximate surface area is 169 Å². The van der Waals surface area contributed by atoms with Crippen molar-refractivity contribution in [3.05, 3.63) is 59.6 Å². The Balaban J connectivity index is 1.50. The van der Waals surface area contributed by atoms with Crippen molar-refractivity contribution in [1.82, 2.24) is 9.78 Å². The summed E-state index contributed by atoms with van der Waals surface area (Å²) in [5.41, 5.74) is 3.17. The molecule has 0 saturated heterocycles. The third-order valence-electron chi connectivity index (χ3n) is 4.73. The summed E-state index contributed by atoms with van der Waals surface area (Å²) < 4.78 is 12.7. The molecule has 0 bridgehead atoms. The van der Waals surface area contributed by atoms with E-state index in [1.165, 1.54) is 0 Å². The number of carbonyl (C=O) groups excluding carboxylic acids is 2. The van der Waals surface area contributed by atoms with Gasteiger partial charge in [0.15, 0.2) is 6.10 Å². The molecule has 152 valence electrons. The van der Waals surface area contributed by atoms with Crippen LogP contribution >= 0.6 is 0 Å². The zero-order valence-electron chi connectivity index (χ0n) is 17.1. The molecular formula is C22H25N3O4. The van der Waals surface area contributed by atoms with Crippen LogP contribution in [0.1, 0.15) is 30.5 Å². The van der Waals surface area contributed by atoms with E-state index in [9.17, 15) is 9.59 Å². The summed E-state index contributed by atoms with van der Waals surface area (Å²) in [5.74, 6) is 0.607. The highest BCUT2D eigenvalue weighted by atomic mass is 16.5. The van der Waals surface area contributed by atoms with Crippen LogP contribution in [0.5, 0.6) is 0 Å². The highest BCUT2D eigenvalue weighted by Crippen LogP contribution is 2.22. The SMILES string of the molecule is Cc1nn(C)c(C)c1NC(=O)[C@H](C)OC(=O)CCc1ccc(-c2ccccc2)o1. The largest absolute Gasteiger partial charge is 0.461 e. The Bertz CT molecular complexity index is 1000. The van der Waals surface area contributed by atoms with Gasteiger partial charge in [0.1, 0.15) is 11.5 Å². The van der Waals surface area contributed by atoms with Gasteiger partial charge < -0.3 is 14.5 Å². The van der Waals surface area contributed by atoms with Crippen LogP contribution in [0.2, 0.25) is 0 Å². The van der Waals surface area contributed by atoms with Crippen molar-refractivity contribution in [2.45, 2.75) is 39.7 Å². The molecule has 1 atom stereocenters. The van der Waals surface area contributed by atoms with Crippen molar-refractivity contribution in [2.75, 3.05) is 5.32 Å². The molecule has 0 radical (unpaired) electrons. The van der Waals surface area contributed by atoms with Gasteiger partial charge in [0.25, 0.3) is 5.91 Å². The van der Waals surface area contributed by atoms with Gasteiger partial charge >= 0.3 is 5.97 Å². The van der Waals surface area contributed by atoms with E-state index < -0.39 is 12.1 Å². The summed E-state index contributed by atoms with van der Waals surface area (Å²) >= 11 is 0. The number of hydrogen-bond acceptors (Lipinski definition) is 5. The molecule has 1 N–H and O–H groups in total. The summed E-state index contributed by atoms with van der Waals surface area (Å²) in [6.45, 7) is 5.22. The molecule has 29 heavy (non-hydrogen) atoms. The predicted molar refractivity (Wildman–Crippen MR) is 109 cm³/mol. The van der Waals surface area contributed by atoms with Crippen molar-refractivity contribution in [3.8, 4) is 11.3 Å². The van der Waals surface area contributed by atoms with Crippen LogP contribution in [0.25, 0.3) is 11.3 Å². The highest BCUT2D eigenvalue weighted by Gasteiger charge is 2.21. The molecule has 0 fully saturated rings. The van der Waals surface area contributed by atoms with Crippen molar-refractivity contribution in [1.29, 1.82) is 0 Å². The number of nitrogens with one attached hydrogen (secondary N) is 1. The number of aromatic nitrogens is 2. The standard InChI is InChI=1S/C22H25N3O4/c1-14-21(15(2)25(4)24-14)23-22(27)16(3)28-20(26)13-11-18-10-12-19(29-18)17-8-6-5-7-9-17/h5-10,12,16H,11,13H2,1-4H3,(H,23,27)/t16-/m0/s1. The molecule has 2 aromatic heterocycles. The Morgan fingerprint density at radius 1 is 1.17 bits per heavy atom. The number of anilines is 1. The van der Waals surface area contributed by atoms with Crippen LogP contribution in [-0.2, 0) is 27.8 Å². The lowest BCUT2D eigenvalue weighted by Gasteiger charge is -2.13. The van der Waals surface area contributed by atoms with Gasteiger partial charge in [0, 0.05) is 19.0 Å². The molecular weight excluding hydrogens is 370 g/mol. The van der Waals surface area contributed by atoms with E-state index in [1.807, 2.05) is 56.3 Å². The molecule has 0 unspecified atom stereocenters. The molecule has 0 spiro atoms. The lowest BCUT2D eigenvalue weighted by atomic mass is 10.2. The lowest BCUT2D eigenvalue weighted by molar-refractivity contribution is -0.153. The van der Waals surface area contributed by atoms with Crippen LogP contribution in [0.15, 0.2) is 46.9 Å². The maximum atomic E-state index is 12.4. The fraction of sp³-hybridized carbons (Fsp3) is 0.318. The molecule has 0 aliphatic heterocycles. The molecule has 3 aromatic rings. The number of rotatable bonds is 7. The van der Waals surface area contributed by atoms with Gasteiger partial charge in [0.05, 0.1) is 23.5 Å². The van der Waals surface area contributed by atoms with Crippen LogP contribution in [0.4, 0.5) is 5.69 Å². The first-order valence-electron chi connectivity index (χ1n) is 9.50. The van der Waals surface area contributed by atoms with E-state index in [1.54, 1.807) is 18.7 Å². The number of furan rings is 1. The molecule has 0 aliphatic rings. The van der Waals surface area contributed by atoms with Crippen molar-refractivity contribution in [2.24, 2.45) is 7.05 Å². The lowest BCUT2D eigenvalue weighted by Crippen LogP contribution is -2.30. The second-order valence-corrected chi connectivity index (χ2v) is 6.92. The second-order valence-electron chi connectivity index (χ2n) is 6.92. The third-order valence-corrected chi connectivity index (χ3v) is 4.73. The third kappa shape index (κ3) is 4.93. The summed E-state index contributed by atoms with van der Waals surface area (Å²) in [6, 6.07) is 13.5. The van der Waals surface area contributed by atoms with E-state index in [0.717, 1.165) is 17.0 Å². The van der Waals surface area contributed by atoms with Gasteiger partial charge in [-0.2, -0.15) is 5.10 Å². The smallest absolute Gasteiger partial charge is 0.307 e. The van der Waals surface area contributed by atoms with Crippen LogP contribution in [-0.4, -0.2) is 27.8 Å². The van der Waals surface area contributed by atoms with Gasteiger partial charge in [0.2, 0.25) is 0 Å². The monoisotopic (exact) mass is 395 g/mol. The quantitative estimate of drug-likeness (QED) is 0.615. The fourth-order valence-electron chi connectivity index (χ4n) is 2.98. The second kappa shape index (κ2) is 8.77. The minimum absolute atomic E-state index is 0.129. The Hall–Kier alpha value is -3.35. The van der Waals surface area contributed by atoms with Gasteiger partial charge in [-0.3, -0.25) is 14.3 Å². The number of carbonyl (C=O) groups is 2. The maximum absolute atomic E-state index is 12.4. The first kappa shape index (κ1) is 20.4. The molecule has 7 heteroatoms. The zero-order valence-corrected chi connectivity index (χ0v) is 17.1. The topological polar surface area (TPSA) is 86.4 Å². The summed E-state index contributed by atoms with van der Waals surface area (Å²) in [7, 11) is 1.80. The van der Waals surface area contributed by atoms with E-state index >= 15 is 0 Å². The summed E-state index contributed by atoms with van der Waals surface area (Å²) in [4.78, 5) is 24.5. The number of amides is 1. The molecule has 2 heterocycles. The van der Waals surface area contributed by atoms with Gasteiger partial charge in [-0.1, -0.05) is 30.3 Å².